The Morgan fingerprint density at radius 1 is 1.06 bits per heavy atom. The number of hydrogen-bond acceptors (Lipinski definition) is 4. The number of aromatic nitrogens is 2. The van der Waals surface area contributed by atoms with Crippen molar-refractivity contribution in [3.05, 3.63) is 34.7 Å². The Kier molecular flexibility index (Phi) is 3.81. The smallest absolute Gasteiger partial charge is 0.197 e. The molecule has 0 aliphatic rings. The molecular formula is C13H13BrN2O2. The molecule has 0 N–H and O–H groups in total. The van der Waals surface area contributed by atoms with Gasteiger partial charge in [-0.1, -0.05) is 0 Å². The topological polar surface area (TPSA) is 44.2 Å². The van der Waals surface area contributed by atoms with Crippen molar-refractivity contribution >= 4 is 15.9 Å². The van der Waals surface area contributed by atoms with E-state index in [4.69, 9.17) is 9.47 Å². The lowest BCUT2D eigenvalue weighted by Crippen LogP contribution is -1.95. The fraction of sp³-hybridized carbons (Fsp3) is 0.231. The highest BCUT2D eigenvalue weighted by molar-refractivity contribution is 9.10. The molecule has 0 unspecified atom stereocenters. The number of halogens is 1. The molecule has 18 heavy (non-hydrogen) atoms. The average Bonchev–Trinajstić information content (AvgIpc) is 2.36. The third-order valence-corrected chi connectivity index (χ3v) is 2.86. The van der Waals surface area contributed by atoms with Gasteiger partial charge in [0.2, 0.25) is 0 Å². The first-order valence-electron chi connectivity index (χ1n) is 5.37. The van der Waals surface area contributed by atoms with Gasteiger partial charge in [-0.2, -0.15) is 0 Å². The van der Waals surface area contributed by atoms with E-state index in [-0.39, 0.29) is 0 Å². The maximum absolute atomic E-state index is 5.35. The van der Waals surface area contributed by atoms with Gasteiger partial charge in [0.05, 0.1) is 19.9 Å². The first kappa shape index (κ1) is 12.8. The van der Waals surface area contributed by atoms with Crippen LogP contribution in [0.5, 0.6) is 11.5 Å². The second-order valence-electron chi connectivity index (χ2n) is 3.73. The molecule has 0 fully saturated rings. The average molecular weight is 309 g/mol. The quantitative estimate of drug-likeness (QED) is 0.817. The van der Waals surface area contributed by atoms with E-state index in [2.05, 4.69) is 25.9 Å². The van der Waals surface area contributed by atoms with Crippen molar-refractivity contribution in [3.8, 4) is 22.8 Å². The van der Waals surface area contributed by atoms with Gasteiger partial charge in [-0.05, 0) is 47.1 Å². The van der Waals surface area contributed by atoms with E-state index in [9.17, 15) is 0 Å². The zero-order valence-electron chi connectivity index (χ0n) is 10.4. The number of rotatable bonds is 3. The van der Waals surface area contributed by atoms with E-state index in [1.807, 2.05) is 31.2 Å². The first-order chi connectivity index (χ1) is 8.63. The van der Waals surface area contributed by atoms with Crippen LogP contribution in [0.25, 0.3) is 11.3 Å². The SMILES string of the molecule is COc1ccc(OC)c(-c2cc(C)nc(Br)n2)c1. The van der Waals surface area contributed by atoms with E-state index in [0.29, 0.717) is 4.73 Å². The standard InChI is InChI=1S/C13H13BrN2O2/c1-8-6-11(16-13(14)15-8)10-7-9(17-2)4-5-12(10)18-3/h4-7H,1-3H3. The summed E-state index contributed by atoms with van der Waals surface area (Å²) in [6.45, 7) is 1.92. The van der Waals surface area contributed by atoms with Crippen LogP contribution in [0.1, 0.15) is 5.69 Å². The molecule has 0 radical (unpaired) electrons. The summed E-state index contributed by atoms with van der Waals surface area (Å²) >= 11 is 3.30. The van der Waals surface area contributed by atoms with Gasteiger partial charge in [0.15, 0.2) is 4.73 Å². The zero-order valence-corrected chi connectivity index (χ0v) is 12.0. The first-order valence-corrected chi connectivity index (χ1v) is 6.17. The molecule has 1 aromatic carbocycles. The molecule has 0 atom stereocenters. The summed E-state index contributed by atoms with van der Waals surface area (Å²) in [7, 11) is 3.27. The summed E-state index contributed by atoms with van der Waals surface area (Å²) in [4.78, 5) is 8.55. The second-order valence-corrected chi connectivity index (χ2v) is 4.44. The minimum atomic E-state index is 0.558. The number of nitrogens with zero attached hydrogens (tertiary/aromatic N) is 2. The number of benzene rings is 1. The molecule has 0 saturated carbocycles. The van der Waals surface area contributed by atoms with Crippen LogP contribution in [0.15, 0.2) is 29.0 Å². The molecule has 0 saturated heterocycles. The Hall–Kier alpha value is -1.62. The lowest BCUT2D eigenvalue weighted by atomic mass is 10.1. The predicted octanol–water partition coefficient (Wildman–Crippen LogP) is 3.23. The second kappa shape index (κ2) is 5.35. The lowest BCUT2D eigenvalue weighted by Gasteiger charge is -2.10. The largest absolute Gasteiger partial charge is 0.497 e. The van der Waals surface area contributed by atoms with Crippen molar-refractivity contribution in [1.82, 2.24) is 9.97 Å². The molecule has 2 rings (SSSR count). The van der Waals surface area contributed by atoms with Gasteiger partial charge in [-0.15, -0.1) is 0 Å². The number of methoxy groups -OCH3 is 2. The maximum Gasteiger partial charge on any atom is 0.197 e. The van der Waals surface area contributed by atoms with Crippen molar-refractivity contribution < 1.29 is 9.47 Å². The highest BCUT2D eigenvalue weighted by atomic mass is 79.9. The van der Waals surface area contributed by atoms with E-state index < -0.39 is 0 Å². The highest BCUT2D eigenvalue weighted by Gasteiger charge is 2.10. The van der Waals surface area contributed by atoms with Crippen molar-refractivity contribution in [2.75, 3.05) is 14.2 Å². The summed E-state index contributed by atoms with van der Waals surface area (Å²) in [5, 5.41) is 0. The number of aryl methyl sites for hydroxylation is 1. The number of hydrogen-bond donors (Lipinski definition) is 0. The van der Waals surface area contributed by atoms with E-state index in [0.717, 1.165) is 28.5 Å². The van der Waals surface area contributed by atoms with Gasteiger partial charge in [0, 0.05) is 11.3 Å². The highest BCUT2D eigenvalue weighted by Crippen LogP contribution is 2.32. The van der Waals surface area contributed by atoms with Crippen LogP contribution in [-0.4, -0.2) is 24.2 Å². The van der Waals surface area contributed by atoms with Gasteiger partial charge >= 0.3 is 0 Å². The number of ether oxygens (including phenoxy) is 2. The van der Waals surface area contributed by atoms with Crippen LogP contribution in [0.3, 0.4) is 0 Å². The molecule has 4 nitrogen and oxygen atoms in total. The summed E-state index contributed by atoms with van der Waals surface area (Å²) in [5.41, 5.74) is 2.56. The van der Waals surface area contributed by atoms with Crippen molar-refractivity contribution in [2.24, 2.45) is 0 Å². The minimum Gasteiger partial charge on any atom is -0.497 e. The van der Waals surface area contributed by atoms with Gasteiger partial charge in [-0.25, -0.2) is 9.97 Å². The van der Waals surface area contributed by atoms with Crippen LogP contribution < -0.4 is 9.47 Å². The van der Waals surface area contributed by atoms with Crippen LogP contribution >= 0.6 is 15.9 Å². The summed E-state index contributed by atoms with van der Waals surface area (Å²) in [5.74, 6) is 1.51. The molecular weight excluding hydrogens is 296 g/mol. The van der Waals surface area contributed by atoms with Crippen molar-refractivity contribution in [2.45, 2.75) is 6.92 Å². The Labute approximate surface area is 114 Å². The normalized spacial score (nSPS) is 10.2. The van der Waals surface area contributed by atoms with Gasteiger partial charge in [0.1, 0.15) is 11.5 Å². The van der Waals surface area contributed by atoms with E-state index in [1.165, 1.54) is 0 Å². The van der Waals surface area contributed by atoms with Crippen LogP contribution in [0.2, 0.25) is 0 Å². The molecule has 0 bridgehead atoms. The van der Waals surface area contributed by atoms with E-state index in [1.54, 1.807) is 14.2 Å². The fourth-order valence-corrected chi connectivity index (χ4v) is 2.16. The lowest BCUT2D eigenvalue weighted by molar-refractivity contribution is 0.404. The van der Waals surface area contributed by atoms with Crippen LogP contribution in [0, 0.1) is 6.92 Å². The van der Waals surface area contributed by atoms with Gasteiger partial charge in [-0.3, -0.25) is 0 Å². The van der Waals surface area contributed by atoms with Crippen LogP contribution in [0.4, 0.5) is 0 Å². The van der Waals surface area contributed by atoms with Crippen molar-refractivity contribution in [3.63, 3.8) is 0 Å². The van der Waals surface area contributed by atoms with Gasteiger partial charge in [0.25, 0.3) is 0 Å². The van der Waals surface area contributed by atoms with Crippen LogP contribution in [-0.2, 0) is 0 Å². The summed E-state index contributed by atoms with van der Waals surface area (Å²) in [6.07, 6.45) is 0. The molecule has 0 aliphatic carbocycles. The van der Waals surface area contributed by atoms with Gasteiger partial charge < -0.3 is 9.47 Å². The minimum absolute atomic E-state index is 0.558. The maximum atomic E-state index is 5.35. The molecule has 1 heterocycles. The Bertz CT molecular complexity index is 553. The summed E-state index contributed by atoms with van der Waals surface area (Å²) < 4.78 is 11.1. The third kappa shape index (κ3) is 2.61. The molecule has 94 valence electrons. The van der Waals surface area contributed by atoms with Crippen molar-refractivity contribution in [1.29, 1.82) is 0 Å². The molecule has 1 aromatic heterocycles. The molecule has 2 aromatic rings. The van der Waals surface area contributed by atoms with E-state index >= 15 is 0 Å². The summed E-state index contributed by atoms with van der Waals surface area (Å²) in [6, 6.07) is 7.51. The Balaban J connectivity index is 2.60. The zero-order chi connectivity index (χ0) is 13.1. The Morgan fingerprint density at radius 3 is 2.44 bits per heavy atom. The molecule has 0 aliphatic heterocycles. The monoisotopic (exact) mass is 308 g/mol. The fourth-order valence-electron chi connectivity index (χ4n) is 1.68. The molecule has 0 spiro atoms. The molecule has 0 amide bonds. The molecule has 5 heteroatoms. The third-order valence-electron chi connectivity index (χ3n) is 2.51. The Morgan fingerprint density at radius 2 is 1.83 bits per heavy atom. The predicted molar refractivity (Wildman–Crippen MR) is 73.0 cm³/mol.